The van der Waals surface area contributed by atoms with Crippen molar-refractivity contribution in [2.45, 2.75) is 33.6 Å². The number of nitrogens with one attached hydrogen (secondary N) is 1. The molecule has 1 aromatic carbocycles. The number of anilines is 1. The molecule has 1 N–H and O–H groups in total. The van der Waals surface area contributed by atoms with Gasteiger partial charge in [0.1, 0.15) is 0 Å². The molecule has 0 radical (unpaired) electrons. The van der Waals surface area contributed by atoms with Crippen LogP contribution < -0.4 is 14.8 Å². The standard InChI is InChI=1S/C14H23NO2/c1-4-9-15-12-7-8-13(17-10-5-2)14(11-12)16-6-3/h7-8,11,15H,4-6,9-10H2,1-3H3. The second-order valence-corrected chi connectivity index (χ2v) is 3.87. The molecular formula is C14H23NO2. The van der Waals surface area contributed by atoms with Crippen LogP contribution in [-0.2, 0) is 0 Å². The maximum Gasteiger partial charge on any atom is 0.163 e. The molecule has 0 heterocycles. The number of hydrogen-bond acceptors (Lipinski definition) is 3. The van der Waals surface area contributed by atoms with Gasteiger partial charge in [0.25, 0.3) is 0 Å². The van der Waals surface area contributed by atoms with Crippen molar-refractivity contribution < 1.29 is 9.47 Å². The van der Waals surface area contributed by atoms with Crippen molar-refractivity contribution >= 4 is 5.69 Å². The van der Waals surface area contributed by atoms with Gasteiger partial charge < -0.3 is 14.8 Å². The summed E-state index contributed by atoms with van der Waals surface area (Å²) in [5, 5.41) is 3.34. The molecule has 1 rings (SSSR count). The molecule has 0 atom stereocenters. The Morgan fingerprint density at radius 2 is 1.82 bits per heavy atom. The van der Waals surface area contributed by atoms with Gasteiger partial charge in [-0.3, -0.25) is 0 Å². The third kappa shape index (κ3) is 4.55. The smallest absolute Gasteiger partial charge is 0.163 e. The second-order valence-electron chi connectivity index (χ2n) is 3.87. The summed E-state index contributed by atoms with van der Waals surface area (Å²) in [5.41, 5.74) is 1.08. The Labute approximate surface area is 104 Å². The summed E-state index contributed by atoms with van der Waals surface area (Å²) in [6.07, 6.45) is 2.11. The molecule has 96 valence electrons. The van der Waals surface area contributed by atoms with Crippen LogP contribution in [0.25, 0.3) is 0 Å². The van der Waals surface area contributed by atoms with E-state index >= 15 is 0 Å². The van der Waals surface area contributed by atoms with E-state index in [9.17, 15) is 0 Å². The van der Waals surface area contributed by atoms with E-state index in [2.05, 4.69) is 19.2 Å². The van der Waals surface area contributed by atoms with E-state index in [0.29, 0.717) is 6.61 Å². The van der Waals surface area contributed by atoms with Crippen LogP contribution in [0.5, 0.6) is 11.5 Å². The zero-order valence-corrected chi connectivity index (χ0v) is 11.1. The van der Waals surface area contributed by atoms with Gasteiger partial charge in [-0.2, -0.15) is 0 Å². The lowest BCUT2D eigenvalue weighted by molar-refractivity contribution is 0.277. The molecule has 0 aliphatic carbocycles. The van der Waals surface area contributed by atoms with Gasteiger partial charge in [-0.1, -0.05) is 13.8 Å². The van der Waals surface area contributed by atoms with Gasteiger partial charge in [0.05, 0.1) is 13.2 Å². The predicted octanol–water partition coefficient (Wildman–Crippen LogP) is 3.70. The predicted molar refractivity (Wildman–Crippen MR) is 72.2 cm³/mol. The Kier molecular flexibility index (Phi) is 6.30. The maximum atomic E-state index is 5.65. The third-order valence-corrected chi connectivity index (χ3v) is 2.28. The second kappa shape index (κ2) is 7.82. The van der Waals surface area contributed by atoms with E-state index in [1.54, 1.807) is 0 Å². The van der Waals surface area contributed by atoms with Crippen LogP contribution in [0.3, 0.4) is 0 Å². The van der Waals surface area contributed by atoms with Crippen LogP contribution in [-0.4, -0.2) is 19.8 Å². The molecule has 0 aliphatic rings. The molecular weight excluding hydrogens is 214 g/mol. The van der Waals surface area contributed by atoms with Crippen molar-refractivity contribution in [1.29, 1.82) is 0 Å². The highest BCUT2D eigenvalue weighted by Gasteiger charge is 2.05. The molecule has 0 amide bonds. The molecule has 0 aromatic heterocycles. The monoisotopic (exact) mass is 237 g/mol. The van der Waals surface area contributed by atoms with Gasteiger partial charge in [-0.25, -0.2) is 0 Å². The number of hydrogen-bond donors (Lipinski definition) is 1. The zero-order valence-electron chi connectivity index (χ0n) is 11.1. The lowest BCUT2D eigenvalue weighted by atomic mass is 10.2. The highest BCUT2D eigenvalue weighted by atomic mass is 16.5. The first-order valence-corrected chi connectivity index (χ1v) is 6.45. The average molecular weight is 237 g/mol. The first kappa shape index (κ1) is 13.7. The van der Waals surface area contributed by atoms with Gasteiger partial charge in [-0.05, 0) is 31.9 Å². The van der Waals surface area contributed by atoms with Crippen LogP contribution in [0.15, 0.2) is 18.2 Å². The summed E-state index contributed by atoms with van der Waals surface area (Å²) >= 11 is 0. The Balaban J connectivity index is 2.75. The summed E-state index contributed by atoms with van der Waals surface area (Å²) in [5.74, 6) is 1.65. The Morgan fingerprint density at radius 1 is 1.00 bits per heavy atom. The fourth-order valence-corrected chi connectivity index (χ4v) is 1.49. The van der Waals surface area contributed by atoms with Crippen LogP contribution >= 0.6 is 0 Å². The quantitative estimate of drug-likeness (QED) is 0.748. The van der Waals surface area contributed by atoms with Crippen LogP contribution in [0.2, 0.25) is 0 Å². The SMILES string of the molecule is CCCNc1ccc(OCCC)c(OCC)c1. The molecule has 1 aromatic rings. The van der Waals surface area contributed by atoms with E-state index < -0.39 is 0 Å². The lowest BCUT2D eigenvalue weighted by Gasteiger charge is -2.13. The summed E-state index contributed by atoms with van der Waals surface area (Å²) < 4.78 is 11.2. The van der Waals surface area contributed by atoms with Crippen molar-refractivity contribution in [1.82, 2.24) is 0 Å². The minimum atomic E-state index is 0.652. The minimum absolute atomic E-state index is 0.652. The molecule has 0 aliphatic heterocycles. The van der Waals surface area contributed by atoms with Gasteiger partial charge in [0, 0.05) is 18.3 Å². The number of benzene rings is 1. The van der Waals surface area contributed by atoms with E-state index in [4.69, 9.17) is 9.47 Å². The molecule has 0 spiro atoms. The number of ether oxygens (including phenoxy) is 2. The highest BCUT2D eigenvalue weighted by Crippen LogP contribution is 2.30. The highest BCUT2D eigenvalue weighted by molar-refractivity contribution is 5.54. The summed E-state index contributed by atoms with van der Waals surface area (Å²) in [7, 11) is 0. The average Bonchev–Trinajstić information content (AvgIpc) is 2.35. The lowest BCUT2D eigenvalue weighted by Crippen LogP contribution is -2.03. The fourth-order valence-electron chi connectivity index (χ4n) is 1.49. The molecule has 3 heteroatoms. The van der Waals surface area contributed by atoms with Crippen molar-refractivity contribution in [2.24, 2.45) is 0 Å². The first-order chi connectivity index (χ1) is 8.31. The molecule has 0 saturated carbocycles. The first-order valence-electron chi connectivity index (χ1n) is 6.45. The van der Waals surface area contributed by atoms with Gasteiger partial charge >= 0.3 is 0 Å². The molecule has 0 saturated heterocycles. The molecule has 17 heavy (non-hydrogen) atoms. The Bertz CT molecular complexity index is 326. The van der Waals surface area contributed by atoms with Crippen molar-refractivity contribution in [2.75, 3.05) is 25.1 Å². The largest absolute Gasteiger partial charge is 0.490 e. The third-order valence-electron chi connectivity index (χ3n) is 2.28. The summed E-state index contributed by atoms with van der Waals surface area (Å²) in [4.78, 5) is 0. The van der Waals surface area contributed by atoms with Crippen molar-refractivity contribution in [3.63, 3.8) is 0 Å². The molecule has 0 unspecified atom stereocenters. The molecule has 0 fully saturated rings. The van der Waals surface area contributed by atoms with Gasteiger partial charge in [0.2, 0.25) is 0 Å². The topological polar surface area (TPSA) is 30.5 Å². The Hall–Kier alpha value is -1.38. The van der Waals surface area contributed by atoms with E-state index in [1.165, 1.54) is 0 Å². The van der Waals surface area contributed by atoms with Gasteiger partial charge in [-0.15, -0.1) is 0 Å². The maximum absolute atomic E-state index is 5.65. The summed E-state index contributed by atoms with van der Waals surface area (Å²) in [6, 6.07) is 6.01. The minimum Gasteiger partial charge on any atom is -0.490 e. The van der Waals surface area contributed by atoms with E-state index in [1.807, 2.05) is 25.1 Å². The normalized spacial score (nSPS) is 10.1. The number of rotatable bonds is 8. The molecule has 0 bridgehead atoms. The van der Waals surface area contributed by atoms with Gasteiger partial charge in [0.15, 0.2) is 11.5 Å². The van der Waals surface area contributed by atoms with Crippen molar-refractivity contribution in [3.8, 4) is 11.5 Å². The Morgan fingerprint density at radius 3 is 2.47 bits per heavy atom. The van der Waals surface area contributed by atoms with Crippen LogP contribution in [0.4, 0.5) is 5.69 Å². The van der Waals surface area contributed by atoms with E-state index in [-0.39, 0.29) is 0 Å². The fraction of sp³-hybridized carbons (Fsp3) is 0.571. The van der Waals surface area contributed by atoms with Crippen LogP contribution in [0, 0.1) is 0 Å². The van der Waals surface area contributed by atoms with Crippen LogP contribution in [0.1, 0.15) is 33.6 Å². The zero-order chi connectivity index (χ0) is 12.5. The summed E-state index contributed by atoms with van der Waals surface area (Å²) in [6.45, 7) is 8.57. The van der Waals surface area contributed by atoms with Crippen molar-refractivity contribution in [3.05, 3.63) is 18.2 Å². The van der Waals surface area contributed by atoms with E-state index in [0.717, 1.165) is 43.2 Å². The molecule has 3 nitrogen and oxygen atoms in total.